The predicted octanol–water partition coefficient (Wildman–Crippen LogP) is 5.53. The van der Waals surface area contributed by atoms with Crippen LogP contribution >= 0.6 is 0 Å². The van der Waals surface area contributed by atoms with Crippen LogP contribution in [0.1, 0.15) is 69.2 Å². The average Bonchev–Trinajstić information content (AvgIpc) is 2.67. The Kier molecular flexibility index (Phi) is 13.4. The Labute approximate surface area is 158 Å². The van der Waals surface area contributed by atoms with E-state index in [0.717, 1.165) is 19.3 Å². The van der Waals surface area contributed by atoms with Gasteiger partial charge < -0.3 is 14.2 Å². The van der Waals surface area contributed by atoms with Gasteiger partial charge in [0, 0.05) is 13.2 Å². The van der Waals surface area contributed by atoms with E-state index in [1.54, 1.807) is 12.1 Å². The molecule has 4 nitrogen and oxygen atoms in total. The first-order chi connectivity index (χ1) is 12.8. The fourth-order valence-corrected chi connectivity index (χ4v) is 2.59. The van der Waals surface area contributed by atoms with Crippen LogP contribution in [0, 0.1) is 0 Å². The second-order valence-electron chi connectivity index (χ2n) is 6.12. The molecule has 0 bridgehead atoms. The molecule has 0 unspecified atom stereocenters. The first-order valence-corrected chi connectivity index (χ1v) is 9.90. The Morgan fingerprint density at radius 1 is 0.923 bits per heavy atom. The van der Waals surface area contributed by atoms with Gasteiger partial charge in [-0.05, 0) is 51.3 Å². The molecule has 0 aliphatic rings. The van der Waals surface area contributed by atoms with Crippen LogP contribution in [-0.2, 0) is 14.2 Å². The molecule has 1 aromatic carbocycles. The summed E-state index contributed by atoms with van der Waals surface area (Å²) in [5.41, 5.74) is 0.622. The van der Waals surface area contributed by atoms with Gasteiger partial charge in [0.25, 0.3) is 0 Å². The lowest BCUT2D eigenvalue weighted by molar-refractivity contribution is -0.104. The molecule has 4 heteroatoms. The van der Waals surface area contributed by atoms with E-state index >= 15 is 0 Å². The first-order valence-electron chi connectivity index (χ1n) is 9.90. The Morgan fingerprint density at radius 3 is 2.19 bits per heavy atom. The van der Waals surface area contributed by atoms with Gasteiger partial charge >= 0.3 is 5.97 Å². The number of hydrogen-bond donors (Lipinski definition) is 0. The lowest BCUT2D eigenvalue weighted by Gasteiger charge is -2.12. The van der Waals surface area contributed by atoms with Crippen LogP contribution in [0.2, 0.25) is 0 Å². The number of unbranched alkanes of at least 4 members (excludes halogenated alkanes) is 6. The van der Waals surface area contributed by atoms with Crippen molar-refractivity contribution in [3.05, 3.63) is 48.0 Å². The molecule has 1 rings (SSSR count). The maximum absolute atomic E-state index is 11.8. The molecule has 0 N–H and O–H groups in total. The highest BCUT2D eigenvalue weighted by atomic mass is 16.7. The van der Waals surface area contributed by atoms with Crippen LogP contribution in [0.3, 0.4) is 0 Å². The van der Waals surface area contributed by atoms with E-state index in [2.05, 4.69) is 6.08 Å². The molecule has 0 aliphatic carbocycles. The second kappa shape index (κ2) is 15.6. The molecule has 0 amide bonds. The molecule has 0 heterocycles. The van der Waals surface area contributed by atoms with Crippen LogP contribution in [0.4, 0.5) is 0 Å². The zero-order valence-corrected chi connectivity index (χ0v) is 16.3. The van der Waals surface area contributed by atoms with E-state index in [0.29, 0.717) is 25.4 Å². The van der Waals surface area contributed by atoms with Gasteiger partial charge in [0.05, 0.1) is 12.2 Å². The van der Waals surface area contributed by atoms with E-state index < -0.39 is 0 Å². The normalized spacial score (nSPS) is 11.3. The van der Waals surface area contributed by atoms with Crippen molar-refractivity contribution in [2.75, 3.05) is 19.8 Å². The van der Waals surface area contributed by atoms with Gasteiger partial charge in [0.1, 0.15) is 0 Å². The van der Waals surface area contributed by atoms with Gasteiger partial charge in [-0.2, -0.15) is 0 Å². The number of carbonyl (C=O) groups is 1. The predicted molar refractivity (Wildman–Crippen MR) is 105 cm³/mol. The summed E-state index contributed by atoms with van der Waals surface area (Å²) in [6, 6.07) is 9.14. The minimum absolute atomic E-state index is 0.205. The molecule has 0 saturated heterocycles. The number of carbonyl (C=O) groups excluding carboxylic acids is 1. The molecule has 0 atom stereocenters. The van der Waals surface area contributed by atoms with Crippen molar-refractivity contribution < 1.29 is 19.0 Å². The summed E-state index contributed by atoms with van der Waals surface area (Å²) in [6.45, 7) is 5.78. The van der Waals surface area contributed by atoms with Gasteiger partial charge in [-0.1, -0.05) is 50.0 Å². The number of ether oxygens (including phenoxy) is 3. The minimum atomic E-state index is -0.227. The van der Waals surface area contributed by atoms with Crippen LogP contribution in [0.15, 0.2) is 42.5 Å². The summed E-state index contributed by atoms with van der Waals surface area (Å²) < 4.78 is 16.2. The van der Waals surface area contributed by atoms with Crippen LogP contribution < -0.4 is 0 Å². The first kappa shape index (κ1) is 22.4. The lowest BCUT2D eigenvalue weighted by atomic mass is 10.1. The number of allylic oxidation sites excluding steroid dienone is 1. The van der Waals surface area contributed by atoms with Gasteiger partial charge in [0.2, 0.25) is 0 Å². The molecule has 0 fully saturated rings. The smallest absolute Gasteiger partial charge is 0.338 e. The topological polar surface area (TPSA) is 44.8 Å². The Bertz CT molecular complexity index is 478. The third kappa shape index (κ3) is 11.1. The molecule has 0 aliphatic heterocycles. The molecule has 0 spiro atoms. The number of benzene rings is 1. The monoisotopic (exact) mass is 362 g/mol. The van der Waals surface area contributed by atoms with E-state index in [1.165, 1.54) is 25.7 Å². The molecule has 1 aromatic rings. The van der Waals surface area contributed by atoms with Gasteiger partial charge in [-0.25, -0.2) is 4.79 Å². The van der Waals surface area contributed by atoms with Gasteiger partial charge in [-0.3, -0.25) is 0 Å². The lowest BCUT2D eigenvalue weighted by Crippen LogP contribution is -2.14. The molecule has 146 valence electrons. The summed E-state index contributed by atoms with van der Waals surface area (Å²) >= 11 is 0. The fraction of sp³-hybridized carbons (Fsp3) is 0.591. The van der Waals surface area contributed by atoms with Crippen molar-refractivity contribution in [1.29, 1.82) is 0 Å². The third-order valence-electron chi connectivity index (χ3n) is 3.96. The molecule has 0 saturated carbocycles. The van der Waals surface area contributed by atoms with Crippen molar-refractivity contribution in [3.8, 4) is 0 Å². The highest BCUT2D eigenvalue weighted by Crippen LogP contribution is 2.09. The number of hydrogen-bond acceptors (Lipinski definition) is 4. The summed E-state index contributed by atoms with van der Waals surface area (Å²) in [7, 11) is 0. The van der Waals surface area contributed by atoms with Crippen molar-refractivity contribution in [1.82, 2.24) is 0 Å². The summed E-state index contributed by atoms with van der Waals surface area (Å²) in [4.78, 5) is 11.8. The van der Waals surface area contributed by atoms with Crippen LogP contribution in [0.25, 0.3) is 0 Å². The minimum Gasteiger partial charge on any atom is -0.462 e. The zero-order valence-electron chi connectivity index (χ0n) is 16.3. The van der Waals surface area contributed by atoms with Crippen LogP contribution in [-0.4, -0.2) is 32.1 Å². The summed E-state index contributed by atoms with van der Waals surface area (Å²) in [5.74, 6) is -0.227. The van der Waals surface area contributed by atoms with Crippen molar-refractivity contribution in [2.45, 2.75) is 65.1 Å². The number of rotatable bonds is 15. The summed E-state index contributed by atoms with van der Waals surface area (Å²) in [5, 5.41) is 0. The van der Waals surface area contributed by atoms with E-state index in [4.69, 9.17) is 14.2 Å². The second-order valence-corrected chi connectivity index (χ2v) is 6.12. The average molecular weight is 363 g/mol. The highest BCUT2D eigenvalue weighted by molar-refractivity contribution is 5.89. The molecule has 0 radical (unpaired) electrons. The highest BCUT2D eigenvalue weighted by Gasteiger charge is 2.05. The maximum atomic E-state index is 11.8. The van der Waals surface area contributed by atoms with E-state index in [9.17, 15) is 4.79 Å². The Hall–Kier alpha value is -1.65. The SMILES string of the molecule is CCOC(/C=C/CCCCCCCCOC(=O)c1ccccc1)OCC. The van der Waals surface area contributed by atoms with Gasteiger partial charge in [0.15, 0.2) is 6.29 Å². The Morgan fingerprint density at radius 2 is 1.54 bits per heavy atom. The third-order valence-corrected chi connectivity index (χ3v) is 3.96. The maximum Gasteiger partial charge on any atom is 0.338 e. The Balaban J connectivity index is 1.94. The van der Waals surface area contributed by atoms with E-state index in [-0.39, 0.29) is 12.3 Å². The molecular formula is C22H34O4. The van der Waals surface area contributed by atoms with Crippen molar-refractivity contribution in [3.63, 3.8) is 0 Å². The summed E-state index contributed by atoms with van der Waals surface area (Å²) in [6.07, 6.45) is 11.9. The molecule has 26 heavy (non-hydrogen) atoms. The largest absolute Gasteiger partial charge is 0.462 e. The van der Waals surface area contributed by atoms with Crippen LogP contribution in [0.5, 0.6) is 0 Å². The zero-order chi connectivity index (χ0) is 18.9. The molecule has 0 aromatic heterocycles. The quantitative estimate of drug-likeness (QED) is 0.178. The van der Waals surface area contributed by atoms with Crippen molar-refractivity contribution >= 4 is 5.97 Å². The molecular weight excluding hydrogens is 328 g/mol. The van der Waals surface area contributed by atoms with Crippen molar-refractivity contribution in [2.24, 2.45) is 0 Å². The van der Waals surface area contributed by atoms with Gasteiger partial charge in [-0.15, -0.1) is 0 Å². The standard InChI is InChI=1S/C22H34O4/c1-3-24-21(25-4-2)18-14-9-7-5-6-8-10-15-19-26-22(23)20-16-12-11-13-17-20/h11-14,16-18,21H,3-10,15,19H2,1-2H3/b18-14+. The fourth-order valence-electron chi connectivity index (χ4n) is 2.59. The number of esters is 1. The van der Waals surface area contributed by atoms with E-state index in [1.807, 2.05) is 38.1 Å².